The molecule has 15 heavy (non-hydrogen) atoms. The van der Waals surface area contributed by atoms with E-state index < -0.39 is 5.97 Å². The van der Waals surface area contributed by atoms with Gasteiger partial charge in [0.05, 0.1) is 5.56 Å². The Morgan fingerprint density at radius 3 is 2.80 bits per heavy atom. The minimum Gasteiger partial charge on any atom is -0.449 e. The molecule has 3 N–H and O–H groups in total. The summed E-state index contributed by atoms with van der Waals surface area (Å²) in [6.07, 6.45) is 0. The molecule has 0 heterocycles. The number of aliphatic hydroxyl groups is 1. The molecule has 78 valence electrons. The van der Waals surface area contributed by atoms with Gasteiger partial charge in [-0.2, -0.15) is 0 Å². The van der Waals surface area contributed by atoms with Crippen LogP contribution in [0.2, 0.25) is 0 Å². The monoisotopic (exact) mass is 205 g/mol. The zero-order valence-corrected chi connectivity index (χ0v) is 8.06. The quantitative estimate of drug-likeness (QED) is 0.417. The van der Waals surface area contributed by atoms with E-state index in [0.29, 0.717) is 11.3 Å². The molecule has 1 aromatic carbocycles. The number of nitrogen functional groups attached to an aromatic ring is 1. The Morgan fingerprint density at radius 1 is 1.40 bits per heavy atom. The normalized spacial score (nSPS) is 8.87. The molecule has 1 rings (SSSR count). The van der Waals surface area contributed by atoms with Crippen molar-refractivity contribution in [2.75, 3.05) is 18.9 Å². The SMILES string of the molecule is Nc1ccccc1C(=O)OCC#CCO. The number of anilines is 1. The molecule has 0 saturated heterocycles. The predicted molar refractivity (Wildman–Crippen MR) is 56.0 cm³/mol. The van der Waals surface area contributed by atoms with Crippen molar-refractivity contribution in [3.05, 3.63) is 29.8 Å². The summed E-state index contributed by atoms with van der Waals surface area (Å²) < 4.78 is 4.81. The zero-order valence-electron chi connectivity index (χ0n) is 8.06. The average molecular weight is 205 g/mol. The second kappa shape index (κ2) is 5.68. The second-order valence-electron chi connectivity index (χ2n) is 2.68. The highest BCUT2D eigenvalue weighted by Gasteiger charge is 2.08. The number of benzene rings is 1. The number of hydrogen-bond donors (Lipinski definition) is 2. The van der Waals surface area contributed by atoms with Crippen LogP contribution < -0.4 is 5.73 Å². The molecule has 0 aliphatic carbocycles. The largest absolute Gasteiger partial charge is 0.449 e. The topological polar surface area (TPSA) is 72.6 Å². The molecule has 0 atom stereocenters. The summed E-state index contributed by atoms with van der Waals surface area (Å²) in [5, 5.41) is 8.36. The summed E-state index contributed by atoms with van der Waals surface area (Å²) in [7, 11) is 0. The van der Waals surface area contributed by atoms with Crippen LogP contribution in [0.1, 0.15) is 10.4 Å². The van der Waals surface area contributed by atoms with Crippen LogP contribution in [0.5, 0.6) is 0 Å². The average Bonchev–Trinajstić information content (AvgIpc) is 2.25. The van der Waals surface area contributed by atoms with Crippen LogP contribution >= 0.6 is 0 Å². The van der Waals surface area contributed by atoms with Crippen molar-refractivity contribution in [1.29, 1.82) is 0 Å². The van der Waals surface area contributed by atoms with Gasteiger partial charge in [0.15, 0.2) is 6.61 Å². The summed E-state index contributed by atoms with van der Waals surface area (Å²) in [5.41, 5.74) is 6.27. The fourth-order valence-corrected chi connectivity index (χ4v) is 0.969. The van der Waals surface area contributed by atoms with Gasteiger partial charge in [0.2, 0.25) is 0 Å². The van der Waals surface area contributed by atoms with Gasteiger partial charge < -0.3 is 15.6 Å². The summed E-state index contributed by atoms with van der Waals surface area (Å²) >= 11 is 0. The molecule has 0 aromatic heterocycles. The van der Waals surface area contributed by atoms with Crippen LogP contribution in [0.3, 0.4) is 0 Å². The molecule has 0 unspecified atom stereocenters. The Hall–Kier alpha value is -1.99. The lowest BCUT2D eigenvalue weighted by Gasteiger charge is -2.03. The van der Waals surface area contributed by atoms with Crippen molar-refractivity contribution in [3.8, 4) is 11.8 Å². The third-order valence-corrected chi connectivity index (χ3v) is 1.66. The highest BCUT2D eigenvalue weighted by molar-refractivity contribution is 5.95. The fourth-order valence-electron chi connectivity index (χ4n) is 0.969. The molecule has 4 nitrogen and oxygen atoms in total. The molecule has 0 aliphatic rings. The number of esters is 1. The summed E-state index contributed by atoms with van der Waals surface area (Å²) in [6, 6.07) is 6.64. The van der Waals surface area contributed by atoms with Crippen LogP contribution in [0.25, 0.3) is 0 Å². The van der Waals surface area contributed by atoms with E-state index in [-0.39, 0.29) is 13.2 Å². The first-order chi connectivity index (χ1) is 7.25. The highest BCUT2D eigenvalue weighted by atomic mass is 16.5. The summed E-state index contributed by atoms with van der Waals surface area (Å²) in [6.45, 7) is -0.293. The lowest BCUT2D eigenvalue weighted by atomic mass is 10.2. The zero-order chi connectivity index (χ0) is 11.1. The molecule has 0 bridgehead atoms. The van der Waals surface area contributed by atoms with Gasteiger partial charge in [-0.1, -0.05) is 24.0 Å². The van der Waals surface area contributed by atoms with E-state index in [2.05, 4.69) is 11.8 Å². The molecule has 0 radical (unpaired) electrons. The summed E-state index contributed by atoms with van der Waals surface area (Å²) in [4.78, 5) is 11.4. The summed E-state index contributed by atoms with van der Waals surface area (Å²) in [5.74, 6) is 4.32. The van der Waals surface area contributed by atoms with E-state index in [9.17, 15) is 4.79 Å². The van der Waals surface area contributed by atoms with Crippen molar-refractivity contribution in [2.45, 2.75) is 0 Å². The first kappa shape index (κ1) is 11.1. The van der Waals surface area contributed by atoms with Crippen molar-refractivity contribution < 1.29 is 14.6 Å². The van der Waals surface area contributed by atoms with E-state index in [1.54, 1.807) is 24.3 Å². The van der Waals surface area contributed by atoms with Crippen LogP contribution in [-0.4, -0.2) is 24.3 Å². The Kier molecular flexibility index (Phi) is 4.20. The first-order valence-corrected chi connectivity index (χ1v) is 4.34. The maximum atomic E-state index is 11.4. The number of nitrogens with two attached hydrogens (primary N) is 1. The van der Waals surface area contributed by atoms with E-state index in [1.807, 2.05) is 0 Å². The highest BCUT2D eigenvalue weighted by Crippen LogP contribution is 2.11. The van der Waals surface area contributed by atoms with E-state index in [1.165, 1.54) is 0 Å². The predicted octanol–water partition coefficient (Wildman–Crippen LogP) is 0.421. The van der Waals surface area contributed by atoms with Gasteiger partial charge in [-0.15, -0.1) is 0 Å². The lowest BCUT2D eigenvalue weighted by Crippen LogP contribution is -2.08. The molecule has 0 spiro atoms. The number of rotatable bonds is 2. The molecule has 0 aliphatic heterocycles. The minimum absolute atomic E-state index is 0.0479. The number of aliphatic hydroxyl groups excluding tert-OH is 1. The van der Waals surface area contributed by atoms with Crippen molar-refractivity contribution in [3.63, 3.8) is 0 Å². The molecule has 0 amide bonds. The maximum Gasteiger partial charge on any atom is 0.341 e. The van der Waals surface area contributed by atoms with E-state index in [4.69, 9.17) is 15.6 Å². The Morgan fingerprint density at radius 2 is 2.13 bits per heavy atom. The molecule has 4 heteroatoms. The van der Waals surface area contributed by atoms with Gasteiger partial charge in [0, 0.05) is 5.69 Å². The first-order valence-electron chi connectivity index (χ1n) is 4.34. The van der Waals surface area contributed by atoms with Crippen LogP contribution in [0, 0.1) is 11.8 Å². The number of para-hydroxylation sites is 1. The Labute approximate surface area is 87.7 Å². The van der Waals surface area contributed by atoms with Gasteiger partial charge in [0.1, 0.15) is 6.61 Å². The number of hydrogen-bond acceptors (Lipinski definition) is 4. The Balaban J connectivity index is 2.58. The number of ether oxygens (including phenoxy) is 1. The van der Waals surface area contributed by atoms with Gasteiger partial charge in [0.25, 0.3) is 0 Å². The number of carbonyl (C=O) groups excluding carboxylic acids is 1. The van der Waals surface area contributed by atoms with Crippen LogP contribution in [0.15, 0.2) is 24.3 Å². The standard InChI is InChI=1S/C11H11NO3/c12-10-6-2-1-5-9(10)11(14)15-8-4-3-7-13/h1-2,5-6,13H,7-8,12H2. The van der Waals surface area contributed by atoms with Crippen LogP contribution in [-0.2, 0) is 4.74 Å². The van der Waals surface area contributed by atoms with Crippen molar-refractivity contribution >= 4 is 11.7 Å². The molecule has 0 saturated carbocycles. The maximum absolute atomic E-state index is 11.4. The van der Waals surface area contributed by atoms with Gasteiger partial charge in [-0.3, -0.25) is 0 Å². The van der Waals surface area contributed by atoms with Crippen LogP contribution in [0.4, 0.5) is 5.69 Å². The number of carbonyl (C=O) groups is 1. The Bertz CT molecular complexity index is 404. The third-order valence-electron chi connectivity index (χ3n) is 1.66. The molecule has 0 fully saturated rings. The lowest BCUT2D eigenvalue weighted by molar-refractivity contribution is 0.0557. The van der Waals surface area contributed by atoms with Gasteiger partial charge in [-0.25, -0.2) is 4.79 Å². The molecular formula is C11H11NO3. The smallest absolute Gasteiger partial charge is 0.341 e. The minimum atomic E-state index is -0.514. The molecular weight excluding hydrogens is 194 g/mol. The van der Waals surface area contributed by atoms with Gasteiger partial charge >= 0.3 is 5.97 Å². The van der Waals surface area contributed by atoms with Gasteiger partial charge in [-0.05, 0) is 12.1 Å². The third kappa shape index (κ3) is 3.33. The van der Waals surface area contributed by atoms with E-state index >= 15 is 0 Å². The van der Waals surface area contributed by atoms with Crippen molar-refractivity contribution in [1.82, 2.24) is 0 Å². The molecule has 1 aromatic rings. The fraction of sp³-hybridized carbons (Fsp3) is 0.182. The van der Waals surface area contributed by atoms with E-state index in [0.717, 1.165) is 0 Å². The van der Waals surface area contributed by atoms with Crippen molar-refractivity contribution in [2.24, 2.45) is 0 Å². The second-order valence-corrected chi connectivity index (χ2v) is 2.68.